The van der Waals surface area contributed by atoms with Gasteiger partial charge in [-0.2, -0.15) is 0 Å². The van der Waals surface area contributed by atoms with Gasteiger partial charge in [-0.1, -0.05) is 76.3 Å². The summed E-state index contributed by atoms with van der Waals surface area (Å²) >= 11 is 0. The first-order valence-electron chi connectivity index (χ1n) is 26.2. The highest BCUT2D eigenvalue weighted by molar-refractivity contribution is 6.39. The molecule has 5 rings (SSSR count). The molecule has 0 radical (unpaired) electrons. The number of carbonyl (C=O) groups excluding carboxylic acids is 5. The fourth-order valence-corrected chi connectivity index (χ4v) is 11.1. The predicted octanol–water partition coefficient (Wildman–Crippen LogP) is 6.28. The standard InChI is InChI=1S/C55H82N4O14/c1-32-16-12-11-13-17-33(2)45(69-8)29-41-21-19-38(7)55(68,73-41)52(65)53(66)58-23-15-14-18-43(58)54(67)72-46(30-44(60)34(3)25-37(6)50(64)51(71-10)49(63)36(5)24-32)35(4)26-39-20-22-42(47(27-39)70-9)59-31-40(56-57-59)28-48(61)62/h11-13,16-17,25,31-32,34-36,38-39,41-43,45-47,50-51,64,68H,14-15,18-24,26-30H2,1-10H3,(H,61,62)/b13-11?,16-12+,33-17?,37-25+/t32-,34-,35-,36-,38-,39+,41+,42+,43+,45+,46+,47-,50-,51+,55-/m1/s1. The number of hydrogen-bond acceptors (Lipinski definition) is 15. The van der Waals surface area contributed by atoms with Gasteiger partial charge in [0, 0.05) is 64.7 Å². The number of carbonyl (C=O) groups is 6. The number of allylic oxidation sites excluding steroid dienone is 6. The van der Waals surface area contributed by atoms with Crippen molar-refractivity contribution in [3.05, 3.63) is 59.5 Å². The number of hydrogen-bond donors (Lipinski definition) is 3. The van der Waals surface area contributed by atoms with Crippen LogP contribution in [0.3, 0.4) is 0 Å². The van der Waals surface area contributed by atoms with E-state index in [1.54, 1.807) is 58.9 Å². The van der Waals surface area contributed by atoms with E-state index in [0.29, 0.717) is 69.1 Å². The third-order valence-corrected chi connectivity index (χ3v) is 15.7. The van der Waals surface area contributed by atoms with Gasteiger partial charge in [-0.3, -0.25) is 24.0 Å². The van der Waals surface area contributed by atoms with Gasteiger partial charge in [0.25, 0.3) is 11.7 Å². The van der Waals surface area contributed by atoms with E-state index in [1.807, 2.05) is 51.2 Å². The summed E-state index contributed by atoms with van der Waals surface area (Å²) in [5, 5.41) is 41.0. The Morgan fingerprint density at radius 1 is 0.904 bits per heavy atom. The number of esters is 1. The Kier molecular flexibility index (Phi) is 22.0. The highest BCUT2D eigenvalue weighted by atomic mass is 16.6. The molecule has 1 saturated carbocycles. The Labute approximate surface area is 430 Å². The lowest BCUT2D eigenvalue weighted by atomic mass is 9.77. The molecule has 0 unspecified atom stereocenters. The second-order valence-corrected chi connectivity index (χ2v) is 21.4. The number of aliphatic hydroxyl groups excluding tert-OH is 1. The van der Waals surface area contributed by atoms with Gasteiger partial charge in [0.05, 0.1) is 36.5 Å². The van der Waals surface area contributed by atoms with E-state index < -0.39 is 89.6 Å². The third-order valence-electron chi connectivity index (χ3n) is 15.7. The zero-order valence-electron chi connectivity index (χ0n) is 44.6. The van der Waals surface area contributed by atoms with E-state index in [0.717, 1.165) is 12.0 Å². The number of carboxylic acid groups (broad SMARTS) is 1. The smallest absolute Gasteiger partial charge is 0.329 e. The maximum absolute atomic E-state index is 14.6. The van der Waals surface area contributed by atoms with Crippen LogP contribution in [0, 0.1) is 35.5 Å². The Morgan fingerprint density at radius 3 is 2.33 bits per heavy atom. The molecule has 15 atom stereocenters. The Hall–Kier alpha value is -4.72. The quantitative estimate of drug-likeness (QED) is 0.140. The molecule has 1 aliphatic carbocycles. The van der Waals surface area contributed by atoms with E-state index in [-0.39, 0.29) is 61.4 Å². The van der Waals surface area contributed by atoms with Gasteiger partial charge in [0.15, 0.2) is 5.78 Å². The monoisotopic (exact) mass is 1020 g/mol. The van der Waals surface area contributed by atoms with Gasteiger partial charge in [0.2, 0.25) is 5.79 Å². The number of aromatic nitrogens is 3. The number of methoxy groups -OCH3 is 3. The number of aliphatic hydroxyl groups is 2. The molecule has 73 heavy (non-hydrogen) atoms. The molecular weight excluding hydrogens is 941 g/mol. The van der Waals surface area contributed by atoms with Gasteiger partial charge in [-0.15, -0.1) is 5.10 Å². The van der Waals surface area contributed by atoms with Crippen molar-refractivity contribution in [1.29, 1.82) is 0 Å². The number of cyclic esters (lactones) is 1. The number of ketones is 3. The number of carboxylic acids is 1. The summed E-state index contributed by atoms with van der Waals surface area (Å²) in [5.74, 6) is -9.32. The van der Waals surface area contributed by atoms with E-state index in [2.05, 4.69) is 10.3 Å². The molecule has 3 aliphatic heterocycles. The number of aliphatic carboxylic acids is 1. The summed E-state index contributed by atoms with van der Waals surface area (Å²) in [7, 11) is 4.55. The second-order valence-electron chi connectivity index (χ2n) is 21.4. The molecule has 1 aromatic heterocycles. The average Bonchev–Trinajstić information content (AvgIpc) is 3.82. The van der Waals surface area contributed by atoms with Crippen LogP contribution in [-0.2, 0) is 58.9 Å². The summed E-state index contributed by atoms with van der Waals surface area (Å²) in [6, 6.07) is -1.37. The highest BCUT2D eigenvalue weighted by Crippen LogP contribution is 2.40. The number of ether oxygens (including phenoxy) is 5. The van der Waals surface area contributed by atoms with Crippen molar-refractivity contribution in [2.75, 3.05) is 27.9 Å². The largest absolute Gasteiger partial charge is 0.481 e. The number of rotatable bonds is 9. The van der Waals surface area contributed by atoms with Crippen molar-refractivity contribution in [2.24, 2.45) is 35.5 Å². The number of Topliss-reactive ketones (excluding diaryl/α,β-unsaturated/α-hetero) is 3. The van der Waals surface area contributed by atoms with Crippen LogP contribution in [0.4, 0.5) is 0 Å². The summed E-state index contributed by atoms with van der Waals surface area (Å²) in [5.41, 5.74) is 1.57. The van der Waals surface area contributed by atoms with Crippen LogP contribution in [-0.4, -0.2) is 147 Å². The van der Waals surface area contributed by atoms with E-state index in [4.69, 9.17) is 23.7 Å². The lowest BCUT2D eigenvalue weighted by molar-refractivity contribution is -0.265. The molecular formula is C55H82N4O14. The fourth-order valence-electron chi connectivity index (χ4n) is 11.1. The molecule has 2 saturated heterocycles. The number of amides is 1. The van der Waals surface area contributed by atoms with Crippen LogP contribution in [0.5, 0.6) is 0 Å². The number of nitrogens with zero attached hydrogens (tertiary/aromatic N) is 4. The zero-order chi connectivity index (χ0) is 53.7. The van der Waals surface area contributed by atoms with Crippen molar-refractivity contribution >= 4 is 35.2 Å². The second kappa shape index (κ2) is 27.2. The minimum atomic E-state index is -2.46. The molecule has 1 aromatic rings. The van der Waals surface area contributed by atoms with Crippen LogP contribution < -0.4 is 0 Å². The minimum Gasteiger partial charge on any atom is -0.481 e. The van der Waals surface area contributed by atoms with Gasteiger partial charge in [-0.05, 0) is 107 Å². The number of fused-ring (bicyclic) bond motifs is 3. The maximum Gasteiger partial charge on any atom is 0.329 e. The van der Waals surface area contributed by atoms with Crippen molar-refractivity contribution < 1.29 is 67.8 Å². The summed E-state index contributed by atoms with van der Waals surface area (Å²) < 4.78 is 31.6. The van der Waals surface area contributed by atoms with Crippen LogP contribution in [0.1, 0.15) is 137 Å². The summed E-state index contributed by atoms with van der Waals surface area (Å²) in [4.78, 5) is 83.8. The lowest BCUT2D eigenvalue weighted by Gasteiger charge is -2.42. The molecule has 4 heterocycles. The van der Waals surface area contributed by atoms with E-state index >= 15 is 0 Å². The van der Waals surface area contributed by atoms with Gasteiger partial charge in [-0.25, -0.2) is 9.48 Å². The van der Waals surface area contributed by atoms with Gasteiger partial charge < -0.3 is 43.9 Å². The van der Waals surface area contributed by atoms with Gasteiger partial charge in [0.1, 0.15) is 30.1 Å². The average molecular weight is 1020 g/mol. The first-order chi connectivity index (χ1) is 34.6. The molecule has 1 amide bonds. The molecule has 4 aliphatic rings. The van der Waals surface area contributed by atoms with E-state index in [9.17, 15) is 44.1 Å². The lowest BCUT2D eigenvalue weighted by Crippen LogP contribution is -2.61. The first kappa shape index (κ1) is 59.2. The molecule has 0 aromatic carbocycles. The van der Waals surface area contributed by atoms with Crippen LogP contribution in [0.25, 0.3) is 0 Å². The molecule has 2 bridgehead atoms. The SMILES string of the molecule is CO[C@H]1C[C@@H]2CC[C@@H](C)[C@@](O)(O2)C(=O)C(=O)N2CCCC[C@H]2C(=O)O[C@H]([C@H](C)C[C@@H]2CC[C@H](n3cc(CC(=O)O)nn3)[C@H](OC)C2)CC(=O)[C@H](C)/C=C(\C)[C@@H](O)[C@@H](OC)C(=O)[C@H](C)C[C@H](C)/C=C/C=CC=C1C. The highest BCUT2D eigenvalue weighted by Gasteiger charge is 2.53. The molecule has 0 spiro atoms. The van der Waals surface area contributed by atoms with Crippen molar-refractivity contribution in [3.8, 4) is 0 Å². The molecule has 3 fully saturated rings. The normalized spacial score (nSPS) is 36.1. The molecule has 18 nitrogen and oxygen atoms in total. The van der Waals surface area contributed by atoms with Crippen molar-refractivity contribution in [1.82, 2.24) is 19.9 Å². The Balaban J connectivity index is 1.46. The topological polar surface area (TPSA) is 243 Å². The molecule has 406 valence electrons. The molecule has 18 heteroatoms. The zero-order valence-corrected chi connectivity index (χ0v) is 44.6. The maximum atomic E-state index is 14.6. The fraction of sp³-hybridized carbons (Fsp3) is 0.709. The van der Waals surface area contributed by atoms with Crippen molar-refractivity contribution in [3.63, 3.8) is 0 Å². The third kappa shape index (κ3) is 15.4. The van der Waals surface area contributed by atoms with Gasteiger partial charge >= 0.3 is 11.9 Å². The first-order valence-corrected chi connectivity index (χ1v) is 26.2. The summed E-state index contributed by atoms with van der Waals surface area (Å²) in [6.07, 6.45) is 12.9. The van der Waals surface area contributed by atoms with Crippen LogP contribution in [0.15, 0.2) is 53.8 Å². The number of piperidine rings is 1. The van der Waals surface area contributed by atoms with Crippen molar-refractivity contribution in [2.45, 2.75) is 186 Å². The van der Waals surface area contributed by atoms with Crippen LogP contribution >= 0.6 is 0 Å². The minimum absolute atomic E-state index is 0.00111. The predicted molar refractivity (Wildman–Crippen MR) is 270 cm³/mol. The summed E-state index contributed by atoms with van der Waals surface area (Å²) in [6.45, 7) is 12.7. The Morgan fingerprint density at radius 2 is 1.64 bits per heavy atom. The van der Waals surface area contributed by atoms with E-state index in [1.165, 1.54) is 12.0 Å². The molecule has 3 N–H and O–H groups in total. The Bertz CT molecular complexity index is 2200. The van der Waals surface area contributed by atoms with Crippen LogP contribution in [0.2, 0.25) is 0 Å².